The number of hydrogen-bond acceptors (Lipinski definition) is 4. The van der Waals surface area contributed by atoms with Crippen molar-refractivity contribution in [2.24, 2.45) is 0 Å². The highest BCUT2D eigenvalue weighted by Crippen LogP contribution is 2.23. The van der Waals surface area contributed by atoms with Crippen molar-refractivity contribution in [1.29, 1.82) is 0 Å². The lowest BCUT2D eigenvalue weighted by Crippen LogP contribution is -2.32. The average Bonchev–Trinajstić information content (AvgIpc) is 2.83. The summed E-state index contributed by atoms with van der Waals surface area (Å²) < 4.78 is 2.14. The van der Waals surface area contributed by atoms with Gasteiger partial charge in [-0.2, -0.15) is 11.8 Å². The normalized spacial score (nSPS) is 19.9. The molecule has 2 aromatic rings. The maximum absolute atomic E-state index is 4.35. The Morgan fingerprint density at radius 3 is 2.83 bits per heavy atom. The number of rotatable bonds is 2. The molecule has 1 aliphatic rings. The highest BCUT2D eigenvalue weighted by Gasteiger charge is 2.22. The molecule has 1 aliphatic heterocycles. The van der Waals surface area contributed by atoms with Crippen LogP contribution in [0.2, 0.25) is 0 Å². The molecule has 0 bridgehead atoms. The zero-order valence-corrected chi connectivity index (χ0v) is 11.2. The largest absolute Gasteiger partial charge is 0.306 e. The Kier molecular flexibility index (Phi) is 3.34. The predicted octanol–water partition coefficient (Wildman–Crippen LogP) is 1.95. The monoisotopic (exact) mass is 260 g/mol. The van der Waals surface area contributed by atoms with Crippen LogP contribution in [0.4, 0.5) is 0 Å². The Morgan fingerprint density at radius 1 is 1.28 bits per heavy atom. The third kappa shape index (κ3) is 2.15. The van der Waals surface area contributed by atoms with E-state index in [1.54, 1.807) is 0 Å². The second kappa shape index (κ2) is 5.12. The number of nitrogens with zero attached hydrogens (tertiary/aromatic N) is 3. The average molecular weight is 260 g/mol. The molecular formula is C13H16N4S. The van der Waals surface area contributed by atoms with Crippen molar-refractivity contribution in [1.82, 2.24) is 20.1 Å². The molecule has 1 N–H and O–H groups in total. The molecule has 3 rings (SSSR count). The highest BCUT2D eigenvalue weighted by molar-refractivity contribution is 7.99. The van der Waals surface area contributed by atoms with E-state index >= 15 is 0 Å². The van der Waals surface area contributed by atoms with E-state index in [9.17, 15) is 0 Å². The van der Waals surface area contributed by atoms with Gasteiger partial charge >= 0.3 is 0 Å². The summed E-state index contributed by atoms with van der Waals surface area (Å²) in [5.41, 5.74) is 1.13. The van der Waals surface area contributed by atoms with Crippen LogP contribution in [0.1, 0.15) is 17.7 Å². The van der Waals surface area contributed by atoms with Crippen molar-refractivity contribution in [3.8, 4) is 5.69 Å². The zero-order chi connectivity index (χ0) is 12.4. The molecule has 0 aliphatic carbocycles. The van der Waals surface area contributed by atoms with Crippen molar-refractivity contribution in [3.05, 3.63) is 42.0 Å². The van der Waals surface area contributed by atoms with E-state index in [1.165, 1.54) is 5.75 Å². The Hall–Kier alpha value is -1.33. The van der Waals surface area contributed by atoms with Crippen molar-refractivity contribution in [3.63, 3.8) is 0 Å². The molecule has 1 fully saturated rings. The lowest BCUT2D eigenvalue weighted by atomic mass is 10.2. The molecule has 1 saturated heterocycles. The smallest absolute Gasteiger partial charge is 0.155 e. The van der Waals surface area contributed by atoms with E-state index in [1.807, 2.05) is 36.9 Å². The Balaban J connectivity index is 2.01. The Bertz CT molecular complexity index is 517. The van der Waals surface area contributed by atoms with Gasteiger partial charge in [0.05, 0.1) is 6.04 Å². The van der Waals surface area contributed by atoms with Gasteiger partial charge in [-0.15, -0.1) is 10.2 Å². The van der Waals surface area contributed by atoms with E-state index in [2.05, 4.69) is 32.2 Å². The number of benzene rings is 1. The molecule has 1 atom stereocenters. The van der Waals surface area contributed by atoms with E-state index in [-0.39, 0.29) is 0 Å². The molecule has 0 spiro atoms. The van der Waals surface area contributed by atoms with Gasteiger partial charge in [-0.1, -0.05) is 18.2 Å². The van der Waals surface area contributed by atoms with Crippen LogP contribution in [0.15, 0.2) is 30.3 Å². The molecule has 1 aromatic carbocycles. The summed E-state index contributed by atoms with van der Waals surface area (Å²) in [6.45, 7) is 3.04. The first-order valence-electron chi connectivity index (χ1n) is 6.15. The molecule has 5 heteroatoms. The van der Waals surface area contributed by atoms with Gasteiger partial charge in [-0.25, -0.2) is 0 Å². The summed E-state index contributed by atoms with van der Waals surface area (Å²) in [4.78, 5) is 0. The van der Waals surface area contributed by atoms with Crippen LogP contribution in [0.5, 0.6) is 0 Å². The minimum atomic E-state index is 0.296. The third-order valence-corrected chi connectivity index (χ3v) is 4.16. The molecular weight excluding hydrogens is 244 g/mol. The molecule has 2 heterocycles. The standard InChI is InChI=1S/C13H16N4S/c1-10-15-16-13(12-9-18-8-7-14-12)17(10)11-5-3-2-4-6-11/h2-6,12,14H,7-9H2,1H3. The zero-order valence-electron chi connectivity index (χ0n) is 10.3. The lowest BCUT2D eigenvalue weighted by molar-refractivity contribution is 0.554. The maximum Gasteiger partial charge on any atom is 0.155 e. The van der Waals surface area contributed by atoms with E-state index in [0.717, 1.165) is 29.6 Å². The molecule has 94 valence electrons. The first kappa shape index (κ1) is 11.7. The van der Waals surface area contributed by atoms with Crippen molar-refractivity contribution >= 4 is 11.8 Å². The Labute approximate surface area is 111 Å². The van der Waals surface area contributed by atoms with Gasteiger partial charge in [0.2, 0.25) is 0 Å². The number of aryl methyl sites for hydroxylation is 1. The molecule has 1 aromatic heterocycles. The molecule has 18 heavy (non-hydrogen) atoms. The summed E-state index contributed by atoms with van der Waals surface area (Å²) >= 11 is 1.97. The number of nitrogens with one attached hydrogen (secondary N) is 1. The quantitative estimate of drug-likeness (QED) is 0.896. The summed E-state index contributed by atoms with van der Waals surface area (Å²) in [5.74, 6) is 4.19. The molecule has 0 amide bonds. The molecule has 1 unspecified atom stereocenters. The SMILES string of the molecule is Cc1nnc(C2CSCCN2)n1-c1ccccc1. The topological polar surface area (TPSA) is 42.7 Å². The summed E-state index contributed by atoms with van der Waals surface area (Å²) in [5, 5.41) is 12.1. The van der Waals surface area contributed by atoms with Crippen LogP contribution in [0.25, 0.3) is 5.69 Å². The first-order valence-corrected chi connectivity index (χ1v) is 7.30. The van der Waals surface area contributed by atoms with Gasteiger partial charge < -0.3 is 5.32 Å². The van der Waals surface area contributed by atoms with Crippen LogP contribution in [0, 0.1) is 6.92 Å². The Morgan fingerprint density at radius 2 is 2.11 bits per heavy atom. The number of hydrogen-bond donors (Lipinski definition) is 1. The highest BCUT2D eigenvalue weighted by atomic mass is 32.2. The molecule has 0 radical (unpaired) electrons. The number of aromatic nitrogens is 3. The second-order valence-electron chi connectivity index (χ2n) is 4.36. The minimum Gasteiger partial charge on any atom is -0.306 e. The number of para-hydroxylation sites is 1. The van der Waals surface area contributed by atoms with Crippen molar-refractivity contribution < 1.29 is 0 Å². The third-order valence-electron chi connectivity index (χ3n) is 3.10. The fraction of sp³-hybridized carbons (Fsp3) is 0.385. The van der Waals surface area contributed by atoms with Crippen LogP contribution < -0.4 is 5.32 Å². The van der Waals surface area contributed by atoms with Gasteiger partial charge in [0, 0.05) is 23.7 Å². The summed E-state index contributed by atoms with van der Waals surface area (Å²) in [6, 6.07) is 10.6. The number of thioether (sulfide) groups is 1. The van der Waals surface area contributed by atoms with Gasteiger partial charge in [0.25, 0.3) is 0 Å². The van der Waals surface area contributed by atoms with Crippen LogP contribution in [-0.2, 0) is 0 Å². The predicted molar refractivity (Wildman–Crippen MR) is 74.2 cm³/mol. The van der Waals surface area contributed by atoms with Crippen LogP contribution in [0.3, 0.4) is 0 Å². The van der Waals surface area contributed by atoms with Crippen molar-refractivity contribution in [2.75, 3.05) is 18.1 Å². The molecule has 0 saturated carbocycles. The van der Waals surface area contributed by atoms with Gasteiger partial charge in [0.1, 0.15) is 5.82 Å². The fourth-order valence-corrected chi connectivity index (χ4v) is 3.16. The van der Waals surface area contributed by atoms with E-state index in [4.69, 9.17) is 0 Å². The van der Waals surface area contributed by atoms with Gasteiger partial charge in [-0.3, -0.25) is 4.57 Å². The summed E-state index contributed by atoms with van der Waals surface area (Å²) in [7, 11) is 0. The van der Waals surface area contributed by atoms with E-state index < -0.39 is 0 Å². The van der Waals surface area contributed by atoms with E-state index in [0.29, 0.717) is 6.04 Å². The minimum absolute atomic E-state index is 0.296. The van der Waals surface area contributed by atoms with Crippen LogP contribution >= 0.6 is 11.8 Å². The molecule has 4 nitrogen and oxygen atoms in total. The maximum atomic E-state index is 4.35. The van der Waals surface area contributed by atoms with Gasteiger partial charge in [0.15, 0.2) is 5.82 Å². The first-order chi connectivity index (χ1) is 8.86. The second-order valence-corrected chi connectivity index (χ2v) is 5.51. The van der Waals surface area contributed by atoms with Gasteiger partial charge in [-0.05, 0) is 19.1 Å². The lowest BCUT2D eigenvalue weighted by Gasteiger charge is -2.23. The fourth-order valence-electron chi connectivity index (χ4n) is 2.23. The summed E-state index contributed by atoms with van der Waals surface area (Å²) in [6.07, 6.45) is 0. The van der Waals surface area contributed by atoms with Crippen LogP contribution in [-0.4, -0.2) is 32.8 Å². The van der Waals surface area contributed by atoms with Crippen molar-refractivity contribution in [2.45, 2.75) is 13.0 Å².